The fraction of sp³-hybridized carbons (Fsp3) is 0.478. The molecule has 0 unspecified atom stereocenters. The fourth-order valence-corrected chi connectivity index (χ4v) is 6.29. The summed E-state index contributed by atoms with van der Waals surface area (Å²) in [5.74, 6) is 1.28. The van der Waals surface area contributed by atoms with E-state index in [1.54, 1.807) is 11.3 Å². The molecule has 158 valence electrons. The second-order valence-corrected chi connectivity index (χ2v) is 9.91. The lowest BCUT2D eigenvalue weighted by molar-refractivity contribution is -0.930. The summed E-state index contributed by atoms with van der Waals surface area (Å²) >= 11 is 1.72. The van der Waals surface area contributed by atoms with Gasteiger partial charge in [-0.1, -0.05) is 6.92 Å². The lowest BCUT2D eigenvalue weighted by Gasteiger charge is -2.36. The van der Waals surface area contributed by atoms with Crippen LogP contribution in [0.25, 0.3) is 10.2 Å². The van der Waals surface area contributed by atoms with Crippen molar-refractivity contribution in [2.75, 3.05) is 31.1 Å². The Labute approximate surface area is 179 Å². The van der Waals surface area contributed by atoms with Crippen LogP contribution in [0.4, 0.5) is 10.1 Å². The summed E-state index contributed by atoms with van der Waals surface area (Å²) in [6.45, 7) is 8.17. The lowest BCUT2D eigenvalue weighted by Crippen LogP contribution is -3.14. The summed E-state index contributed by atoms with van der Waals surface area (Å²) in [7, 11) is 0. The number of hydrogen-bond donors (Lipinski definition) is 2. The summed E-state index contributed by atoms with van der Waals surface area (Å²) in [6.07, 6.45) is 3.21. The van der Waals surface area contributed by atoms with E-state index >= 15 is 0 Å². The molecule has 1 aromatic carbocycles. The standard InChI is InChI=1S/C23H27FN4OS/c1-14-3-8-18-19(13-14)30-23-20(18)22(29)25-21(26-23)15(2)27-9-11-28(12-10-27)17-6-4-16(24)5-7-17/h4-7,14-15H,3,8-13H2,1-2H3,(H,25,26,29)/p+1/t14-,15+/m0/s1. The normalized spacial score (nSPS) is 21.0. The van der Waals surface area contributed by atoms with Crippen LogP contribution in [0.15, 0.2) is 29.1 Å². The summed E-state index contributed by atoms with van der Waals surface area (Å²) in [5, 5.41) is 0.828. The molecule has 0 amide bonds. The van der Waals surface area contributed by atoms with E-state index < -0.39 is 0 Å². The maximum Gasteiger partial charge on any atom is 0.260 e. The van der Waals surface area contributed by atoms with Crippen LogP contribution in [0, 0.1) is 11.7 Å². The average molecular weight is 428 g/mol. The van der Waals surface area contributed by atoms with Gasteiger partial charge in [-0.3, -0.25) is 4.79 Å². The number of fused-ring (bicyclic) bond motifs is 3. The number of hydrogen-bond acceptors (Lipinski definition) is 4. The number of piperazine rings is 1. The van der Waals surface area contributed by atoms with Crippen LogP contribution in [0.3, 0.4) is 0 Å². The number of aryl methyl sites for hydroxylation is 1. The SMILES string of the molecule is C[C@H]1CCc2c(sc3nc([C@@H](C)[NH+]4CCN(c5ccc(F)cc5)CC4)[nH]c(=O)c23)C1. The Morgan fingerprint density at radius 3 is 2.73 bits per heavy atom. The van der Waals surface area contributed by atoms with Gasteiger partial charge in [-0.15, -0.1) is 11.3 Å². The first-order chi connectivity index (χ1) is 14.5. The highest BCUT2D eigenvalue weighted by Gasteiger charge is 2.29. The highest BCUT2D eigenvalue weighted by Crippen LogP contribution is 2.35. The molecule has 3 heterocycles. The minimum Gasteiger partial charge on any atom is -0.360 e. The molecule has 0 saturated carbocycles. The zero-order valence-electron chi connectivity index (χ0n) is 17.5. The Bertz CT molecular complexity index is 1110. The Hall–Kier alpha value is -2.25. The smallest absolute Gasteiger partial charge is 0.260 e. The van der Waals surface area contributed by atoms with Crippen molar-refractivity contribution in [1.82, 2.24) is 9.97 Å². The van der Waals surface area contributed by atoms with Crippen LogP contribution in [-0.2, 0) is 12.8 Å². The van der Waals surface area contributed by atoms with Crippen molar-refractivity contribution in [2.45, 2.75) is 39.2 Å². The van der Waals surface area contributed by atoms with Crippen LogP contribution in [0.2, 0.25) is 0 Å². The third-order valence-electron chi connectivity index (χ3n) is 6.80. The molecular weight excluding hydrogens is 399 g/mol. The first-order valence-electron chi connectivity index (χ1n) is 10.9. The maximum atomic E-state index is 13.2. The number of nitrogens with one attached hydrogen (secondary N) is 2. The van der Waals surface area contributed by atoms with E-state index in [0.717, 1.165) is 67.2 Å². The Morgan fingerprint density at radius 2 is 2.00 bits per heavy atom. The fourth-order valence-electron chi connectivity index (χ4n) is 4.90. The van der Waals surface area contributed by atoms with Crippen molar-refractivity contribution in [3.05, 3.63) is 56.7 Å². The van der Waals surface area contributed by atoms with E-state index in [1.165, 1.54) is 27.5 Å². The molecule has 5 nitrogen and oxygen atoms in total. The van der Waals surface area contributed by atoms with Gasteiger partial charge in [0.05, 0.1) is 31.6 Å². The molecule has 0 spiro atoms. The molecule has 3 aromatic rings. The van der Waals surface area contributed by atoms with Crippen LogP contribution < -0.4 is 15.4 Å². The number of halogens is 1. The van der Waals surface area contributed by atoms with E-state index in [9.17, 15) is 9.18 Å². The molecule has 2 atom stereocenters. The largest absolute Gasteiger partial charge is 0.360 e. The number of nitrogens with zero attached hydrogens (tertiary/aromatic N) is 2. The first kappa shape index (κ1) is 19.7. The Morgan fingerprint density at radius 1 is 1.27 bits per heavy atom. The number of rotatable bonds is 3. The van der Waals surface area contributed by atoms with Crippen LogP contribution in [0.1, 0.15) is 42.6 Å². The molecular formula is C23H28FN4OS+. The molecule has 5 rings (SSSR count). The zero-order valence-corrected chi connectivity index (χ0v) is 18.3. The first-order valence-corrected chi connectivity index (χ1v) is 11.7. The molecule has 1 fully saturated rings. The van der Waals surface area contributed by atoms with Gasteiger partial charge in [-0.05, 0) is 61.9 Å². The van der Waals surface area contributed by atoms with Gasteiger partial charge in [0.1, 0.15) is 16.7 Å². The molecule has 2 aromatic heterocycles. The summed E-state index contributed by atoms with van der Waals surface area (Å²) < 4.78 is 13.2. The number of quaternary nitrogens is 1. The zero-order chi connectivity index (χ0) is 20.8. The topological polar surface area (TPSA) is 53.4 Å². The van der Waals surface area contributed by atoms with E-state index in [2.05, 4.69) is 23.7 Å². The Kier molecular flexibility index (Phi) is 5.11. The minimum absolute atomic E-state index is 0.0262. The van der Waals surface area contributed by atoms with Gasteiger partial charge in [0.25, 0.3) is 5.56 Å². The van der Waals surface area contributed by atoms with Crippen molar-refractivity contribution in [2.24, 2.45) is 5.92 Å². The van der Waals surface area contributed by atoms with Crippen molar-refractivity contribution in [1.29, 1.82) is 0 Å². The van der Waals surface area contributed by atoms with Gasteiger partial charge in [0, 0.05) is 10.6 Å². The summed E-state index contributed by atoms with van der Waals surface area (Å²) in [5.41, 5.74) is 2.33. The Balaban J connectivity index is 1.34. The maximum absolute atomic E-state index is 13.2. The summed E-state index contributed by atoms with van der Waals surface area (Å²) in [4.78, 5) is 26.9. The second-order valence-electron chi connectivity index (χ2n) is 8.83. The van der Waals surface area contributed by atoms with E-state index in [-0.39, 0.29) is 17.4 Å². The van der Waals surface area contributed by atoms with Crippen molar-refractivity contribution in [3.8, 4) is 0 Å². The van der Waals surface area contributed by atoms with Gasteiger partial charge in [-0.25, -0.2) is 9.37 Å². The van der Waals surface area contributed by atoms with E-state index in [4.69, 9.17) is 4.98 Å². The van der Waals surface area contributed by atoms with Gasteiger partial charge in [0.2, 0.25) is 0 Å². The molecule has 0 radical (unpaired) electrons. The number of anilines is 1. The van der Waals surface area contributed by atoms with E-state index in [0.29, 0.717) is 5.92 Å². The number of benzene rings is 1. The third kappa shape index (κ3) is 3.54. The van der Waals surface area contributed by atoms with Crippen LogP contribution in [0.5, 0.6) is 0 Å². The number of H-pyrrole nitrogens is 1. The highest BCUT2D eigenvalue weighted by atomic mass is 32.1. The van der Waals surface area contributed by atoms with Crippen LogP contribution in [-0.4, -0.2) is 36.1 Å². The van der Waals surface area contributed by atoms with Crippen molar-refractivity contribution >= 4 is 27.2 Å². The average Bonchev–Trinajstić information content (AvgIpc) is 3.11. The van der Waals surface area contributed by atoms with Gasteiger partial charge >= 0.3 is 0 Å². The quantitative estimate of drug-likeness (QED) is 0.676. The lowest BCUT2D eigenvalue weighted by atomic mass is 9.89. The molecule has 0 bridgehead atoms. The van der Waals surface area contributed by atoms with E-state index in [1.807, 2.05) is 12.1 Å². The molecule has 2 aliphatic rings. The molecule has 1 aliphatic carbocycles. The summed E-state index contributed by atoms with van der Waals surface area (Å²) in [6, 6.07) is 6.85. The molecule has 7 heteroatoms. The van der Waals surface area contributed by atoms with Gasteiger partial charge in [-0.2, -0.15) is 0 Å². The molecule has 2 N–H and O–H groups in total. The van der Waals surface area contributed by atoms with Gasteiger partial charge < -0.3 is 14.8 Å². The second kappa shape index (κ2) is 7.78. The highest BCUT2D eigenvalue weighted by molar-refractivity contribution is 7.18. The molecule has 1 saturated heterocycles. The number of aromatic amines is 1. The number of aromatic nitrogens is 2. The van der Waals surface area contributed by atoms with Gasteiger partial charge in [0.15, 0.2) is 5.82 Å². The number of thiophene rings is 1. The predicted molar refractivity (Wildman–Crippen MR) is 119 cm³/mol. The monoisotopic (exact) mass is 427 g/mol. The van der Waals surface area contributed by atoms with Crippen LogP contribution >= 0.6 is 11.3 Å². The third-order valence-corrected chi connectivity index (χ3v) is 7.95. The molecule has 1 aliphatic heterocycles. The predicted octanol–water partition coefficient (Wildman–Crippen LogP) is 2.71. The molecule has 30 heavy (non-hydrogen) atoms. The van der Waals surface area contributed by atoms with Crippen molar-refractivity contribution < 1.29 is 9.29 Å². The minimum atomic E-state index is -0.202. The van der Waals surface area contributed by atoms with Crippen molar-refractivity contribution in [3.63, 3.8) is 0 Å².